The highest BCUT2D eigenvalue weighted by molar-refractivity contribution is 5.82. The van der Waals surface area contributed by atoms with Crippen molar-refractivity contribution in [3.05, 3.63) is 23.3 Å². The predicted molar refractivity (Wildman–Crippen MR) is 53.0 cm³/mol. The molecule has 0 radical (unpaired) electrons. The van der Waals surface area contributed by atoms with Crippen LogP contribution < -0.4 is 0 Å². The Morgan fingerprint density at radius 1 is 0.917 bits per heavy atom. The molecule has 0 aromatic rings. The first-order chi connectivity index (χ1) is 5.43. The smallest absolute Gasteiger partial charge is 0.140 e. The standard InChI is InChI=1S/C11H18O/c1-8(2)6-11(10(5)12)7-9(3)4/h6-7,11H,1-5H3. The van der Waals surface area contributed by atoms with Gasteiger partial charge in [0.05, 0.1) is 5.92 Å². The van der Waals surface area contributed by atoms with Gasteiger partial charge in [-0.1, -0.05) is 23.3 Å². The Morgan fingerprint density at radius 3 is 1.42 bits per heavy atom. The molecule has 12 heavy (non-hydrogen) atoms. The fraction of sp³-hybridized carbons (Fsp3) is 0.545. The van der Waals surface area contributed by atoms with E-state index in [2.05, 4.69) is 0 Å². The van der Waals surface area contributed by atoms with Gasteiger partial charge in [-0.25, -0.2) is 0 Å². The van der Waals surface area contributed by atoms with Gasteiger partial charge in [0.1, 0.15) is 5.78 Å². The minimum Gasteiger partial charge on any atom is -0.299 e. The highest BCUT2D eigenvalue weighted by atomic mass is 16.1. The van der Waals surface area contributed by atoms with E-state index in [4.69, 9.17) is 0 Å². The van der Waals surface area contributed by atoms with Crippen LogP contribution in [0.25, 0.3) is 0 Å². The molecule has 68 valence electrons. The maximum Gasteiger partial charge on any atom is 0.140 e. The Morgan fingerprint density at radius 2 is 1.25 bits per heavy atom. The lowest BCUT2D eigenvalue weighted by molar-refractivity contribution is -0.118. The van der Waals surface area contributed by atoms with E-state index < -0.39 is 0 Å². The van der Waals surface area contributed by atoms with Crippen molar-refractivity contribution >= 4 is 5.78 Å². The summed E-state index contributed by atoms with van der Waals surface area (Å²) in [4.78, 5) is 11.1. The predicted octanol–water partition coefficient (Wildman–Crippen LogP) is 3.12. The Kier molecular flexibility index (Phi) is 4.57. The average Bonchev–Trinajstić information content (AvgIpc) is 1.83. The molecule has 0 aliphatic heterocycles. The summed E-state index contributed by atoms with van der Waals surface area (Å²) in [7, 11) is 0. The van der Waals surface area contributed by atoms with Crippen LogP contribution in [-0.4, -0.2) is 5.78 Å². The molecule has 0 atom stereocenters. The second-order valence-corrected chi connectivity index (χ2v) is 3.62. The SMILES string of the molecule is CC(=O)C(C=C(C)C)C=C(C)C. The lowest BCUT2D eigenvalue weighted by Gasteiger charge is -2.04. The van der Waals surface area contributed by atoms with Crippen LogP contribution in [0.2, 0.25) is 0 Å². The molecule has 1 heteroatoms. The van der Waals surface area contributed by atoms with Crippen LogP contribution in [-0.2, 0) is 4.79 Å². The molecule has 0 aliphatic rings. The minimum atomic E-state index is -0.0278. The highest BCUT2D eigenvalue weighted by Crippen LogP contribution is 2.09. The molecule has 0 saturated heterocycles. The van der Waals surface area contributed by atoms with E-state index in [9.17, 15) is 4.79 Å². The van der Waals surface area contributed by atoms with E-state index in [-0.39, 0.29) is 11.7 Å². The van der Waals surface area contributed by atoms with E-state index in [0.717, 1.165) is 0 Å². The number of allylic oxidation sites excluding steroid dienone is 4. The van der Waals surface area contributed by atoms with Gasteiger partial charge in [-0.05, 0) is 34.6 Å². The molecule has 0 aromatic carbocycles. The van der Waals surface area contributed by atoms with Gasteiger partial charge in [-0.2, -0.15) is 0 Å². The van der Waals surface area contributed by atoms with E-state index in [1.165, 1.54) is 11.1 Å². The average molecular weight is 166 g/mol. The maximum atomic E-state index is 11.1. The number of rotatable bonds is 3. The van der Waals surface area contributed by atoms with Crippen molar-refractivity contribution in [1.29, 1.82) is 0 Å². The summed E-state index contributed by atoms with van der Waals surface area (Å²) in [6.45, 7) is 9.66. The summed E-state index contributed by atoms with van der Waals surface area (Å²) < 4.78 is 0. The number of hydrogen-bond acceptors (Lipinski definition) is 1. The molecule has 0 aromatic heterocycles. The third-order valence-electron chi connectivity index (χ3n) is 1.50. The summed E-state index contributed by atoms with van der Waals surface area (Å²) in [5.41, 5.74) is 2.38. The number of hydrogen-bond donors (Lipinski definition) is 0. The molecule has 0 unspecified atom stereocenters. The highest BCUT2D eigenvalue weighted by Gasteiger charge is 2.06. The van der Waals surface area contributed by atoms with Gasteiger partial charge < -0.3 is 0 Å². The van der Waals surface area contributed by atoms with Gasteiger partial charge in [0, 0.05) is 0 Å². The summed E-state index contributed by atoms with van der Waals surface area (Å²) in [5.74, 6) is 0.178. The van der Waals surface area contributed by atoms with Gasteiger partial charge in [0.2, 0.25) is 0 Å². The molecular weight excluding hydrogens is 148 g/mol. The molecule has 0 aliphatic carbocycles. The van der Waals surface area contributed by atoms with Crippen molar-refractivity contribution in [2.45, 2.75) is 34.6 Å². The van der Waals surface area contributed by atoms with Gasteiger partial charge in [0.25, 0.3) is 0 Å². The molecule has 0 heterocycles. The van der Waals surface area contributed by atoms with Crippen LogP contribution in [0.15, 0.2) is 23.3 Å². The number of Topliss-reactive ketones (excluding diaryl/α,β-unsaturated/α-hetero) is 1. The second kappa shape index (κ2) is 4.91. The van der Waals surface area contributed by atoms with Crippen molar-refractivity contribution in [3.8, 4) is 0 Å². The Bertz CT molecular complexity index is 195. The first-order valence-corrected chi connectivity index (χ1v) is 4.24. The van der Waals surface area contributed by atoms with Crippen LogP contribution in [0.4, 0.5) is 0 Å². The van der Waals surface area contributed by atoms with Crippen LogP contribution in [0.3, 0.4) is 0 Å². The largest absolute Gasteiger partial charge is 0.299 e. The number of ketones is 1. The van der Waals surface area contributed by atoms with Gasteiger partial charge in [-0.15, -0.1) is 0 Å². The lowest BCUT2D eigenvalue weighted by atomic mass is 10.00. The van der Waals surface area contributed by atoms with E-state index >= 15 is 0 Å². The van der Waals surface area contributed by atoms with E-state index in [0.29, 0.717) is 0 Å². The summed E-state index contributed by atoms with van der Waals surface area (Å²) >= 11 is 0. The molecular formula is C11H18O. The van der Waals surface area contributed by atoms with E-state index in [1.54, 1.807) is 6.92 Å². The molecule has 0 fully saturated rings. The fourth-order valence-corrected chi connectivity index (χ4v) is 1.00. The third-order valence-corrected chi connectivity index (χ3v) is 1.50. The Labute approximate surface area is 75.2 Å². The molecule has 1 nitrogen and oxygen atoms in total. The third kappa shape index (κ3) is 4.89. The summed E-state index contributed by atoms with van der Waals surface area (Å²) in [5, 5.41) is 0. The van der Waals surface area contributed by atoms with Crippen molar-refractivity contribution in [2.24, 2.45) is 5.92 Å². The van der Waals surface area contributed by atoms with Crippen LogP contribution >= 0.6 is 0 Å². The van der Waals surface area contributed by atoms with Crippen molar-refractivity contribution in [1.82, 2.24) is 0 Å². The molecule has 0 rings (SSSR count). The second-order valence-electron chi connectivity index (χ2n) is 3.62. The minimum absolute atomic E-state index is 0.0278. The normalized spacial score (nSPS) is 9.50. The van der Waals surface area contributed by atoms with Crippen LogP contribution in [0.1, 0.15) is 34.6 Å². The number of carbonyl (C=O) groups excluding carboxylic acids is 1. The zero-order chi connectivity index (χ0) is 9.72. The Balaban J connectivity index is 4.58. The van der Waals surface area contributed by atoms with Gasteiger partial charge >= 0.3 is 0 Å². The van der Waals surface area contributed by atoms with Crippen LogP contribution in [0, 0.1) is 5.92 Å². The fourth-order valence-electron chi connectivity index (χ4n) is 1.00. The first kappa shape index (κ1) is 11.2. The quantitative estimate of drug-likeness (QED) is 0.589. The topological polar surface area (TPSA) is 17.1 Å². The monoisotopic (exact) mass is 166 g/mol. The van der Waals surface area contributed by atoms with Crippen molar-refractivity contribution in [2.75, 3.05) is 0 Å². The molecule has 0 bridgehead atoms. The zero-order valence-corrected chi connectivity index (χ0v) is 8.64. The van der Waals surface area contributed by atoms with E-state index in [1.807, 2.05) is 39.8 Å². The summed E-state index contributed by atoms with van der Waals surface area (Å²) in [6.07, 6.45) is 3.99. The van der Waals surface area contributed by atoms with Crippen molar-refractivity contribution in [3.63, 3.8) is 0 Å². The van der Waals surface area contributed by atoms with Gasteiger partial charge in [-0.3, -0.25) is 4.79 Å². The Hall–Kier alpha value is -0.850. The summed E-state index contributed by atoms with van der Waals surface area (Å²) in [6, 6.07) is 0. The maximum absolute atomic E-state index is 11.1. The van der Waals surface area contributed by atoms with Crippen LogP contribution in [0.5, 0.6) is 0 Å². The first-order valence-electron chi connectivity index (χ1n) is 4.24. The molecule has 0 spiro atoms. The molecule has 0 saturated carbocycles. The van der Waals surface area contributed by atoms with Gasteiger partial charge in [0.15, 0.2) is 0 Å². The lowest BCUT2D eigenvalue weighted by Crippen LogP contribution is -2.05. The number of carbonyl (C=O) groups is 1. The van der Waals surface area contributed by atoms with Crippen molar-refractivity contribution < 1.29 is 4.79 Å². The molecule has 0 N–H and O–H groups in total. The zero-order valence-electron chi connectivity index (χ0n) is 8.64. The molecule has 0 amide bonds.